The fourth-order valence-corrected chi connectivity index (χ4v) is 3.54. The van der Waals surface area contributed by atoms with Crippen LogP contribution in [0.15, 0.2) is 48.0 Å². The molecule has 0 saturated carbocycles. The van der Waals surface area contributed by atoms with Crippen LogP contribution < -0.4 is 10.6 Å². The molecule has 7 nitrogen and oxygen atoms in total. The first-order valence-corrected chi connectivity index (χ1v) is 10.3. The van der Waals surface area contributed by atoms with Crippen LogP contribution in [-0.2, 0) is 17.8 Å². The molecule has 0 amide bonds. The summed E-state index contributed by atoms with van der Waals surface area (Å²) in [6.07, 6.45) is 0.768. The maximum absolute atomic E-state index is 6.35. The van der Waals surface area contributed by atoms with Crippen molar-refractivity contribution in [3.8, 4) is 17.1 Å². The van der Waals surface area contributed by atoms with Crippen molar-refractivity contribution in [2.75, 3.05) is 7.11 Å². The Morgan fingerprint density at radius 1 is 1.26 bits per heavy atom. The maximum Gasteiger partial charge on any atom is 0.263 e. The number of nitrogens with two attached hydrogens (primary N) is 1. The Kier molecular flexibility index (Phi) is 7.09. The van der Waals surface area contributed by atoms with Crippen molar-refractivity contribution in [2.45, 2.75) is 33.7 Å². The molecule has 2 heterocycles. The molecular formula is C23H26ClN5O2. The first-order chi connectivity index (χ1) is 14.9. The van der Waals surface area contributed by atoms with Crippen LogP contribution >= 0.6 is 11.6 Å². The number of pyridine rings is 1. The van der Waals surface area contributed by atoms with E-state index in [0.717, 1.165) is 28.8 Å². The lowest BCUT2D eigenvalue weighted by Crippen LogP contribution is -2.17. The van der Waals surface area contributed by atoms with Crippen molar-refractivity contribution < 1.29 is 9.57 Å². The van der Waals surface area contributed by atoms with Crippen molar-refractivity contribution in [2.24, 2.45) is 10.9 Å². The van der Waals surface area contributed by atoms with Crippen molar-refractivity contribution in [3.63, 3.8) is 0 Å². The first-order valence-electron chi connectivity index (χ1n) is 9.95. The quantitative estimate of drug-likeness (QED) is 0.324. The predicted molar refractivity (Wildman–Crippen MR) is 124 cm³/mol. The van der Waals surface area contributed by atoms with Gasteiger partial charge in [-0.05, 0) is 38.5 Å². The largest absolute Gasteiger partial charge is 0.481 e. The zero-order chi connectivity index (χ0) is 22.5. The smallest absolute Gasteiger partial charge is 0.263 e. The molecule has 31 heavy (non-hydrogen) atoms. The lowest BCUT2D eigenvalue weighted by atomic mass is 10.1. The van der Waals surface area contributed by atoms with E-state index < -0.39 is 0 Å². The molecule has 0 aliphatic heterocycles. The van der Waals surface area contributed by atoms with Gasteiger partial charge in [0.2, 0.25) is 5.88 Å². The van der Waals surface area contributed by atoms with Gasteiger partial charge in [-0.25, -0.2) is 9.98 Å². The molecule has 0 fully saturated rings. The minimum atomic E-state index is 0.200. The summed E-state index contributed by atoms with van der Waals surface area (Å²) in [5, 5.41) is 5.24. The highest BCUT2D eigenvalue weighted by Gasteiger charge is 2.18. The summed E-state index contributed by atoms with van der Waals surface area (Å²) in [7, 11) is 1.61. The van der Waals surface area contributed by atoms with Crippen molar-refractivity contribution >= 4 is 23.2 Å². The molecule has 0 bridgehead atoms. The molecule has 3 aromatic rings. The Hall–Kier alpha value is -3.16. The average Bonchev–Trinajstić information content (AvgIpc) is 3.21. The van der Waals surface area contributed by atoms with Crippen LogP contribution in [-0.4, -0.2) is 27.8 Å². The molecule has 0 aliphatic carbocycles. The van der Waals surface area contributed by atoms with Gasteiger partial charge in [0, 0.05) is 23.2 Å². The standard InChI is InChI=1S/C23H26ClN5O2/c1-6-16-12-18(14(3)26-22(16)30-5)15(4)27-23(31-25)21-13-20(28-29(21)7-2)17-10-8-9-11-19(17)24/h8-13H,4,6-7,25H2,1-3,5H3/b27-23-. The highest BCUT2D eigenvalue weighted by atomic mass is 35.5. The third-order valence-electron chi connectivity index (χ3n) is 4.93. The maximum atomic E-state index is 6.35. The Bertz CT molecular complexity index is 1140. The Morgan fingerprint density at radius 3 is 2.61 bits per heavy atom. The van der Waals surface area contributed by atoms with Crippen molar-refractivity contribution in [1.29, 1.82) is 0 Å². The van der Waals surface area contributed by atoms with E-state index in [1.807, 2.05) is 57.2 Å². The summed E-state index contributed by atoms with van der Waals surface area (Å²) in [6, 6.07) is 11.3. The third-order valence-corrected chi connectivity index (χ3v) is 5.26. The average molecular weight is 440 g/mol. The van der Waals surface area contributed by atoms with Gasteiger partial charge in [-0.3, -0.25) is 4.68 Å². The van der Waals surface area contributed by atoms with E-state index in [9.17, 15) is 0 Å². The lowest BCUT2D eigenvalue weighted by molar-refractivity contribution is 0.319. The number of rotatable bonds is 7. The number of hydrogen-bond acceptors (Lipinski definition) is 6. The SMILES string of the molecule is C=C(/N=C(\ON)c1cc(-c2ccccc2Cl)nn1CC)c1cc(CC)c(OC)nc1C. The van der Waals surface area contributed by atoms with E-state index >= 15 is 0 Å². The molecule has 8 heteroatoms. The minimum Gasteiger partial charge on any atom is -0.481 e. The number of aryl methyl sites for hydroxylation is 3. The molecule has 0 saturated heterocycles. The fourth-order valence-electron chi connectivity index (χ4n) is 3.30. The highest BCUT2D eigenvalue weighted by Crippen LogP contribution is 2.29. The second kappa shape index (κ2) is 9.76. The number of ether oxygens (including phenoxy) is 1. The second-order valence-corrected chi connectivity index (χ2v) is 7.24. The summed E-state index contributed by atoms with van der Waals surface area (Å²) in [5.41, 5.74) is 5.13. The van der Waals surface area contributed by atoms with Gasteiger partial charge in [0.15, 0.2) is 0 Å². The van der Waals surface area contributed by atoms with Gasteiger partial charge >= 0.3 is 0 Å². The van der Waals surface area contributed by atoms with E-state index in [4.69, 9.17) is 27.1 Å². The van der Waals surface area contributed by atoms with Crippen LogP contribution in [0.3, 0.4) is 0 Å². The molecule has 0 spiro atoms. The molecule has 162 valence electrons. The molecule has 2 aromatic heterocycles. The van der Waals surface area contributed by atoms with Crippen LogP contribution in [0.1, 0.15) is 36.4 Å². The molecule has 0 atom stereocenters. The van der Waals surface area contributed by atoms with Crippen LogP contribution in [0, 0.1) is 6.92 Å². The van der Waals surface area contributed by atoms with Crippen LogP contribution in [0.2, 0.25) is 5.02 Å². The molecule has 0 unspecified atom stereocenters. The van der Waals surface area contributed by atoms with Crippen LogP contribution in [0.5, 0.6) is 5.88 Å². The summed E-state index contributed by atoms with van der Waals surface area (Å²) >= 11 is 6.35. The van der Waals surface area contributed by atoms with Gasteiger partial charge in [-0.15, -0.1) is 0 Å². The highest BCUT2D eigenvalue weighted by molar-refractivity contribution is 6.33. The summed E-state index contributed by atoms with van der Waals surface area (Å²) < 4.78 is 7.12. The van der Waals surface area contributed by atoms with Crippen LogP contribution in [0.4, 0.5) is 0 Å². The predicted octanol–water partition coefficient (Wildman–Crippen LogP) is 4.81. The summed E-state index contributed by atoms with van der Waals surface area (Å²) in [4.78, 5) is 14.2. The minimum absolute atomic E-state index is 0.200. The van der Waals surface area contributed by atoms with E-state index in [1.54, 1.807) is 11.8 Å². The van der Waals surface area contributed by atoms with Gasteiger partial charge in [0.05, 0.1) is 29.2 Å². The number of nitrogens with zero attached hydrogens (tertiary/aromatic N) is 4. The van der Waals surface area contributed by atoms with Crippen molar-refractivity contribution in [3.05, 3.63) is 70.5 Å². The zero-order valence-corrected chi connectivity index (χ0v) is 18.9. The number of aromatic nitrogens is 3. The Balaban J connectivity index is 2.04. The van der Waals surface area contributed by atoms with Gasteiger partial charge in [-0.1, -0.05) is 43.3 Å². The third kappa shape index (κ3) is 4.62. The van der Waals surface area contributed by atoms with Gasteiger partial charge in [-0.2, -0.15) is 11.0 Å². The molecule has 0 aliphatic rings. The van der Waals surface area contributed by atoms with Gasteiger partial charge < -0.3 is 9.57 Å². The zero-order valence-electron chi connectivity index (χ0n) is 18.1. The van der Waals surface area contributed by atoms with Gasteiger partial charge in [0.25, 0.3) is 5.90 Å². The second-order valence-electron chi connectivity index (χ2n) is 6.84. The number of hydrogen-bond donors (Lipinski definition) is 1. The van der Waals surface area contributed by atoms with E-state index in [0.29, 0.717) is 34.5 Å². The number of aliphatic imine (C=N–C) groups is 1. The van der Waals surface area contributed by atoms with Crippen molar-refractivity contribution in [1.82, 2.24) is 14.8 Å². The Morgan fingerprint density at radius 2 is 2.00 bits per heavy atom. The summed E-state index contributed by atoms with van der Waals surface area (Å²) in [5.74, 6) is 6.40. The molecule has 0 radical (unpaired) electrons. The van der Waals surface area contributed by atoms with E-state index in [1.165, 1.54) is 0 Å². The molecule has 3 rings (SSSR count). The molecule has 2 N–H and O–H groups in total. The van der Waals surface area contributed by atoms with E-state index in [2.05, 4.69) is 21.7 Å². The van der Waals surface area contributed by atoms with Gasteiger partial charge in [0.1, 0.15) is 5.69 Å². The number of halogens is 1. The van der Waals surface area contributed by atoms with Crippen LogP contribution in [0.25, 0.3) is 17.0 Å². The van der Waals surface area contributed by atoms with E-state index in [-0.39, 0.29) is 5.90 Å². The number of benzene rings is 1. The fraction of sp³-hybridized carbons (Fsp3) is 0.261. The normalized spacial score (nSPS) is 11.5. The number of methoxy groups -OCH3 is 1. The topological polar surface area (TPSA) is 87.6 Å². The first kappa shape index (κ1) is 22.5. The monoisotopic (exact) mass is 439 g/mol. The Labute approximate surface area is 187 Å². The molecular weight excluding hydrogens is 414 g/mol. The molecule has 1 aromatic carbocycles. The summed E-state index contributed by atoms with van der Waals surface area (Å²) in [6.45, 7) is 10.6. The lowest BCUT2D eigenvalue weighted by Gasteiger charge is -2.12.